The van der Waals surface area contributed by atoms with Crippen LogP contribution in [0.2, 0.25) is 0 Å². The van der Waals surface area contributed by atoms with Crippen LogP contribution in [0.15, 0.2) is 35.7 Å². The highest BCUT2D eigenvalue weighted by atomic mass is 32.1. The van der Waals surface area contributed by atoms with E-state index in [1.165, 1.54) is 10.4 Å². The molecule has 3 heterocycles. The van der Waals surface area contributed by atoms with E-state index in [0.717, 1.165) is 51.1 Å². The maximum Gasteiger partial charge on any atom is 0.227 e. The smallest absolute Gasteiger partial charge is 0.227 e. The average Bonchev–Trinajstić information content (AvgIpc) is 3.15. The number of carbonyl (C=O) groups is 1. The second-order valence-corrected chi connectivity index (χ2v) is 7.82. The molecule has 2 aliphatic heterocycles. The maximum atomic E-state index is 13.0. The van der Waals surface area contributed by atoms with Crippen molar-refractivity contribution in [2.24, 2.45) is 5.92 Å². The normalized spacial score (nSPS) is 20.0. The Hall–Kier alpha value is -2.32. The molecule has 2 aliphatic rings. The molecule has 4 nitrogen and oxygen atoms in total. The minimum absolute atomic E-state index is 0.0737. The van der Waals surface area contributed by atoms with Crippen LogP contribution in [-0.2, 0) is 17.8 Å². The Morgan fingerprint density at radius 2 is 2.04 bits per heavy atom. The van der Waals surface area contributed by atoms with Crippen molar-refractivity contribution in [3.8, 4) is 6.07 Å². The summed E-state index contributed by atoms with van der Waals surface area (Å²) in [6.07, 6.45) is 3.00. The Bertz CT molecular complexity index is 805. The van der Waals surface area contributed by atoms with Gasteiger partial charge in [-0.05, 0) is 60.5 Å². The summed E-state index contributed by atoms with van der Waals surface area (Å²) in [6.45, 7) is 3.37. The van der Waals surface area contributed by atoms with Crippen LogP contribution in [0.25, 0.3) is 0 Å². The van der Waals surface area contributed by atoms with Crippen molar-refractivity contribution in [1.82, 2.24) is 4.90 Å². The lowest BCUT2D eigenvalue weighted by Crippen LogP contribution is -2.46. The monoisotopic (exact) mass is 351 g/mol. The predicted molar refractivity (Wildman–Crippen MR) is 99.5 cm³/mol. The van der Waals surface area contributed by atoms with E-state index < -0.39 is 0 Å². The molecule has 1 aromatic carbocycles. The van der Waals surface area contributed by atoms with Gasteiger partial charge in [-0.2, -0.15) is 5.26 Å². The van der Waals surface area contributed by atoms with Gasteiger partial charge in [0.15, 0.2) is 0 Å². The average molecular weight is 351 g/mol. The summed E-state index contributed by atoms with van der Waals surface area (Å²) < 4.78 is 0. The fourth-order valence-corrected chi connectivity index (χ4v) is 4.74. The topological polar surface area (TPSA) is 47.3 Å². The fourth-order valence-electron chi connectivity index (χ4n) is 3.85. The number of fused-ring (bicyclic) bond motifs is 1. The van der Waals surface area contributed by atoms with Gasteiger partial charge in [0.05, 0.1) is 17.6 Å². The number of hydrogen-bond donors (Lipinski definition) is 0. The molecule has 4 rings (SSSR count). The number of rotatable bonds is 2. The highest BCUT2D eigenvalue weighted by Gasteiger charge is 2.31. The van der Waals surface area contributed by atoms with E-state index in [4.69, 9.17) is 5.26 Å². The number of anilines is 1. The van der Waals surface area contributed by atoms with Crippen molar-refractivity contribution in [2.45, 2.75) is 25.8 Å². The van der Waals surface area contributed by atoms with E-state index >= 15 is 0 Å². The van der Waals surface area contributed by atoms with Crippen LogP contribution in [0.4, 0.5) is 5.69 Å². The Balaban J connectivity index is 1.44. The zero-order valence-corrected chi connectivity index (χ0v) is 15.0. The van der Waals surface area contributed by atoms with E-state index in [1.54, 1.807) is 11.3 Å². The van der Waals surface area contributed by atoms with Crippen molar-refractivity contribution < 1.29 is 4.79 Å². The molecular formula is C20H21N3OS. The lowest BCUT2D eigenvalue weighted by atomic mass is 9.95. The molecule has 1 saturated heterocycles. The molecule has 0 N–H and O–H groups in total. The van der Waals surface area contributed by atoms with E-state index in [9.17, 15) is 4.79 Å². The van der Waals surface area contributed by atoms with Gasteiger partial charge in [-0.25, -0.2) is 0 Å². The van der Waals surface area contributed by atoms with Gasteiger partial charge in [0.25, 0.3) is 0 Å². The Morgan fingerprint density at radius 3 is 2.84 bits per heavy atom. The zero-order valence-electron chi connectivity index (χ0n) is 14.1. The van der Waals surface area contributed by atoms with Crippen LogP contribution in [0.1, 0.15) is 28.8 Å². The number of carbonyl (C=O) groups excluding carboxylic acids is 1. The van der Waals surface area contributed by atoms with Crippen LogP contribution in [0, 0.1) is 17.2 Å². The first kappa shape index (κ1) is 16.2. The molecule has 0 radical (unpaired) electrons. The van der Waals surface area contributed by atoms with Crippen molar-refractivity contribution in [3.05, 3.63) is 51.7 Å². The molecule has 2 aromatic rings. The van der Waals surface area contributed by atoms with Gasteiger partial charge < -0.3 is 9.80 Å². The molecular weight excluding hydrogens is 330 g/mol. The van der Waals surface area contributed by atoms with Crippen LogP contribution in [0.3, 0.4) is 0 Å². The Morgan fingerprint density at radius 1 is 1.20 bits per heavy atom. The number of hydrogen-bond acceptors (Lipinski definition) is 4. The molecule has 1 fully saturated rings. The standard InChI is InChI=1S/C20H21N3OS/c21-12-15-3-5-18(6-4-15)22-9-1-2-17(14-22)20(24)23-10-7-19-16(13-23)8-11-25-19/h3-6,8,11,17H,1-2,7,9-10,13-14H2. The molecule has 0 bridgehead atoms. The van der Waals surface area contributed by atoms with Gasteiger partial charge in [0, 0.05) is 36.7 Å². The van der Waals surface area contributed by atoms with E-state index in [2.05, 4.69) is 22.4 Å². The molecule has 5 heteroatoms. The van der Waals surface area contributed by atoms with Gasteiger partial charge in [-0.15, -0.1) is 11.3 Å². The first-order valence-corrected chi connectivity index (χ1v) is 9.71. The molecule has 0 aliphatic carbocycles. The van der Waals surface area contributed by atoms with Crippen molar-refractivity contribution in [1.29, 1.82) is 5.26 Å². The predicted octanol–water partition coefficient (Wildman–Crippen LogP) is 3.42. The summed E-state index contributed by atoms with van der Waals surface area (Å²) in [7, 11) is 0. The first-order valence-electron chi connectivity index (χ1n) is 8.84. The molecule has 1 atom stereocenters. The summed E-state index contributed by atoms with van der Waals surface area (Å²) in [5, 5.41) is 11.1. The Kier molecular flexibility index (Phi) is 4.46. The summed E-state index contributed by atoms with van der Waals surface area (Å²) in [4.78, 5) is 18.8. The molecule has 0 saturated carbocycles. The summed E-state index contributed by atoms with van der Waals surface area (Å²) in [5.74, 6) is 0.375. The van der Waals surface area contributed by atoms with Gasteiger partial charge in [0.2, 0.25) is 5.91 Å². The molecule has 1 amide bonds. The fraction of sp³-hybridized carbons (Fsp3) is 0.400. The molecule has 0 spiro atoms. The largest absolute Gasteiger partial charge is 0.371 e. The maximum absolute atomic E-state index is 13.0. The minimum Gasteiger partial charge on any atom is -0.371 e. The van der Waals surface area contributed by atoms with E-state index in [0.29, 0.717) is 11.5 Å². The highest BCUT2D eigenvalue weighted by Crippen LogP contribution is 2.28. The molecule has 1 unspecified atom stereocenters. The third kappa shape index (κ3) is 3.27. The molecule has 128 valence electrons. The number of thiophene rings is 1. The summed E-state index contributed by atoms with van der Waals surface area (Å²) in [5.41, 5.74) is 3.10. The van der Waals surface area contributed by atoms with E-state index in [1.807, 2.05) is 29.2 Å². The third-order valence-corrected chi connectivity index (χ3v) is 6.27. The third-order valence-electron chi connectivity index (χ3n) is 5.25. The van der Waals surface area contributed by atoms with Crippen molar-refractivity contribution in [3.63, 3.8) is 0 Å². The van der Waals surface area contributed by atoms with Crippen LogP contribution in [-0.4, -0.2) is 30.4 Å². The van der Waals surface area contributed by atoms with Crippen LogP contribution >= 0.6 is 11.3 Å². The number of piperidine rings is 1. The summed E-state index contributed by atoms with van der Waals surface area (Å²) >= 11 is 1.81. The lowest BCUT2D eigenvalue weighted by molar-refractivity contribution is -0.136. The number of nitriles is 1. The lowest BCUT2D eigenvalue weighted by Gasteiger charge is -2.37. The zero-order chi connectivity index (χ0) is 17.2. The first-order chi connectivity index (χ1) is 12.2. The number of amides is 1. The van der Waals surface area contributed by atoms with Crippen LogP contribution in [0.5, 0.6) is 0 Å². The SMILES string of the molecule is N#Cc1ccc(N2CCCC(C(=O)N3CCc4sccc4C3)C2)cc1. The number of benzene rings is 1. The second kappa shape index (κ2) is 6.89. The van der Waals surface area contributed by atoms with Gasteiger partial charge in [-0.3, -0.25) is 4.79 Å². The molecule has 1 aromatic heterocycles. The van der Waals surface area contributed by atoms with Crippen molar-refractivity contribution in [2.75, 3.05) is 24.5 Å². The number of nitrogens with zero attached hydrogens (tertiary/aromatic N) is 3. The quantitative estimate of drug-likeness (QED) is 0.833. The van der Waals surface area contributed by atoms with Gasteiger partial charge in [0.1, 0.15) is 0 Å². The molecule has 25 heavy (non-hydrogen) atoms. The minimum atomic E-state index is 0.0737. The van der Waals surface area contributed by atoms with Crippen LogP contribution < -0.4 is 4.90 Å². The summed E-state index contributed by atoms with van der Waals surface area (Å²) in [6, 6.07) is 12.0. The van der Waals surface area contributed by atoms with Gasteiger partial charge >= 0.3 is 0 Å². The van der Waals surface area contributed by atoms with Gasteiger partial charge in [-0.1, -0.05) is 0 Å². The van der Waals surface area contributed by atoms with Crippen molar-refractivity contribution >= 4 is 22.9 Å². The highest BCUT2D eigenvalue weighted by molar-refractivity contribution is 7.10. The van der Waals surface area contributed by atoms with E-state index in [-0.39, 0.29) is 5.92 Å². The Labute approximate surface area is 152 Å². The second-order valence-electron chi connectivity index (χ2n) is 6.82.